The van der Waals surface area contributed by atoms with Crippen molar-refractivity contribution in [2.24, 2.45) is 0 Å². The quantitative estimate of drug-likeness (QED) is 0.657. The van der Waals surface area contributed by atoms with Crippen LogP contribution in [-0.4, -0.2) is 54.3 Å². The van der Waals surface area contributed by atoms with Gasteiger partial charge < -0.3 is 10.2 Å². The van der Waals surface area contributed by atoms with Crippen LogP contribution in [0.15, 0.2) is 91.0 Å². The first-order chi connectivity index (χ1) is 15.7. The lowest BCUT2D eigenvalue weighted by molar-refractivity contribution is -0.138. The van der Waals surface area contributed by atoms with Crippen LogP contribution in [0.3, 0.4) is 0 Å². The molecule has 4 rings (SSSR count). The van der Waals surface area contributed by atoms with Crippen LogP contribution in [0.5, 0.6) is 0 Å². The molecule has 0 radical (unpaired) electrons. The fraction of sp³-hybridized carbons (Fsp3) is 0.259. The number of piperazine rings is 1. The van der Waals surface area contributed by atoms with E-state index in [1.807, 2.05) is 83.8 Å². The summed E-state index contributed by atoms with van der Waals surface area (Å²) in [7, 11) is 1.65. The van der Waals surface area contributed by atoms with Crippen molar-refractivity contribution < 1.29 is 9.59 Å². The first-order valence-corrected chi connectivity index (χ1v) is 11.1. The second-order valence-electron chi connectivity index (χ2n) is 8.12. The van der Waals surface area contributed by atoms with E-state index in [1.54, 1.807) is 7.05 Å². The number of hydrogen-bond donors (Lipinski definition) is 1. The predicted octanol–water partition coefficient (Wildman–Crippen LogP) is 3.28. The zero-order valence-corrected chi connectivity index (χ0v) is 18.4. The minimum Gasteiger partial charge on any atom is -0.358 e. The van der Waals surface area contributed by atoms with Crippen LogP contribution in [-0.2, 0) is 16.1 Å². The predicted molar refractivity (Wildman–Crippen MR) is 126 cm³/mol. The minimum absolute atomic E-state index is 0.0377. The van der Waals surface area contributed by atoms with Crippen LogP contribution in [0.25, 0.3) is 0 Å². The number of nitrogens with one attached hydrogen (secondary N) is 1. The lowest BCUT2D eigenvalue weighted by Crippen LogP contribution is -2.59. The molecule has 1 aliphatic rings. The van der Waals surface area contributed by atoms with Crippen LogP contribution in [0, 0.1) is 0 Å². The van der Waals surface area contributed by atoms with Gasteiger partial charge in [-0.3, -0.25) is 14.5 Å². The maximum absolute atomic E-state index is 13.8. The van der Waals surface area contributed by atoms with Gasteiger partial charge in [0.05, 0.1) is 5.92 Å². The number of hydrogen-bond acceptors (Lipinski definition) is 3. The Morgan fingerprint density at radius 2 is 1.38 bits per heavy atom. The van der Waals surface area contributed by atoms with E-state index in [1.165, 1.54) is 0 Å². The summed E-state index contributed by atoms with van der Waals surface area (Å²) in [6.07, 6.45) is 0. The number of carbonyl (C=O) groups is 2. The first-order valence-electron chi connectivity index (χ1n) is 11.1. The van der Waals surface area contributed by atoms with Crippen LogP contribution in [0.2, 0.25) is 0 Å². The molecule has 3 aromatic rings. The molecule has 0 spiro atoms. The van der Waals surface area contributed by atoms with Gasteiger partial charge in [0.15, 0.2) is 0 Å². The minimum atomic E-state index is -0.386. The zero-order chi connectivity index (χ0) is 22.3. The van der Waals surface area contributed by atoms with Crippen molar-refractivity contribution in [3.05, 3.63) is 108 Å². The van der Waals surface area contributed by atoms with E-state index < -0.39 is 0 Å². The van der Waals surface area contributed by atoms with Crippen LogP contribution >= 0.6 is 0 Å². The fourth-order valence-corrected chi connectivity index (χ4v) is 4.39. The van der Waals surface area contributed by atoms with Crippen LogP contribution < -0.4 is 5.32 Å². The number of nitrogens with zero attached hydrogens (tertiary/aromatic N) is 2. The summed E-state index contributed by atoms with van der Waals surface area (Å²) >= 11 is 0. The van der Waals surface area contributed by atoms with Crippen molar-refractivity contribution in [2.75, 3.05) is 26.7 Å². The molecule has 1 atom stereocenters. The molecule has 0 aromatic heterocycles. The van der Waals surface area contributed by atoms with Gasteiger partial charge in [-0.1, -0.05) is 91.0 Å². The first kappa shape index (κ1) is 21.8. The van der Waals surface area contributed by atoms with Gasteiger partial charge in [0.2, 0.25) is 11.8 Å². The molecular weight excluding hydrogens is 398 g/mol. The normalized spacial score (nSPS) is 16.7. The number of benzene rings is 3. The second kappa shape index (κ2) is 10.2. The molecule has 1 fully saturated rings. The highest BCUT2D eigenvalue weighted by Crippen LogP contribution is 2.28. The third-order valence-electron chi connectivity index (χ3n) is 6.09. The number of rotatable bonds is 6. The Morgan fingerprint density at radius 3 is 1.91 bits per heavy atom. The lowest BCUT2D eigenvalue weighted by Gasteiger charge is -2.41. The third kappa shape index (κ3) is 4.89. The molecule has 1 saturated heterocycles. The van der Waals surface area contributed by atoms with Gasteiger partial charge in [-0.05, 0) is 16.7 Å². The van der Waals surface area contributed by atoms with Crippen LogP contribution in [0.1, 0.15) is 22.6 Å². The Hall–Kier alpha value is -3.44. The maximum atomic E-state index is 13.8. The van der Waals surface area contributed by atoms with Gasteiger partial charge in [0, 0.05) is 33.2 Å². The Kier molecular flexibility index (Phi) is 6.97. The standard InChI is InChI=1S/C27H29N3O2/c1-28-26(31)24-20-30(18-17-29(24)19-21-11-5-2-6-12-21)27(32)25(22-13-7-3-8-14-22)23-15-9-4-10-16-23/h2-16,24-25H,17-20H2,1H3,(H,28,31)/t24-/m1/s1. The molecule has 1 N–H and O–H groups in total. The van der Waals surface area contributed by atoms with E-state index in [0.717, 1.165) is 16.7 Å². The molecule has 5 heteroatoms. The van der Waals surface area contributed by atoms with E-state index in [0.29, 0.717) is 26.2 Å². The SMILES string of the molecule is CNC(=O)[C@H]1CN(C(=O)C(c2ccccc2)c2ccccc2)CCN1Cc1ccccc1. The van der Waals surface area contributed by atoms with E-state index >= 15 is 0 Å². The molecule has 1 heterocycles. The Morgan fingerprint density at radius 1 is 0.844 bits per heavy atom. The molecule has 0 bridgehead atoms. The lowest BCUT2D eigenvalue weighted by atomic mass is 9.89. The van der Waals surface area contributed by atoms with Gasteiger partial charge in [0.25, 0.3) is 0 Å². The maximum Gasteiger partial charge on any atom is 0.238 e. The highest BCUT2D eigenvalue weighted by molar-refractivity contribution is 5.89. The molecule has 2 amide bonds. The second-order valence-corrected chi connectivity index (χ2v) is 8.12. The average molecular weight is 428 g/mol. The van der Waals surface area contributed by atoms with Gasteiger partial charge in [-0.15, -0.1) is 0 Å². The number of likely N-dealkylation sites (N-methyl/N-ethyl adjacent to an activating group) is 1. The van der Waals surface area contributed by atoms with Crippen molar-refractivity contribution >= 4 is 11.8 Å². The van der Waals surface area contributed by atoms with Gasteiger partial charge in [-0.25, -0.2) is 0 Å². The topological polar surface area (TPSA) is 52.7 Å². The van der Waals surface area contributed by atoms with Crippen molar-refractivity contribution in [3.8, 4) is 0 Å². The van der Waals surface area contributed by atoms with E-state index in [9.17, 15) is 9.59 Å². The Labute approximate surface area is 189 Å². The van der Waals surface area contributed by atoms with Crippen molar-refractivity contribution in [2.45, 2.75) is 18.5 Å². The summed E-state index contributed by atoms with van der Waals surface area (Å²) in [5.74, 6) is -0.409. The molecule has 0 unspecified atom stereocenters. The third-order valence-corrected chi connectivity index (χ3v) is 6.09. The molecule has 32 heavy (non-hydrogen) atoms. The molecule has 0 aliphatic carbocycles. The number of carbonyl (C=O) groups excluding carboxylic acids is 2. The van der Waals surface area contributed by atoms with E-state index in [4.69, 9.17) is 0 Å². The van der Waals surface area contributed by atoms with E-state index in [-0.39, 0.29) is 23.8 Å². The molecule has 0 saturated carbocycles. The molecule has 3 aromatic carbocycles. The number of amides is 2. The molecule has 164 valence electrons. The summed E-state index contributed by atoms with van der Waals surface area (Å²) in [6, 6.07) is 29.5. The summed E-state index contributed by atoms with van der Waals surface area (Å²) in [5.41, 5.74) is 3.09. The Bertz CT molecular complexity index is 985. The fourth-order valence-electron chi connectivity index (χ4n) is 4.39. The van der Waals surface area contributed by atoms with Crippen LogP contribution in [0.4, 0.5) is 0 Å². The van der Waals surface area contributed by atoms with Gasteiger partial charge >= 0.3 is 0 Å². The monoisotopic (exact) mass is 427 g/mol. The van der Waals surface area contributed by atoms with E-state index in [2.05, 4.69) is 22.3 Å². The molecule has 1 aliphatic heterocycles. The highest BCUT2D eigenvalue weighted by atomic mass is 16.2. The molecule has 5 nitrogen and oxygen atoms in total. The summed E-state index contributed by atoms with van der Waals surface area (Å²) in [4.78, 5) is 30.6. The average Bonchev–Trinajstić information content (AvgIpc) is 2.86. The summed E-state index contributed by atoms with van der Waals surface area (Å²) in [5, 5.41) is 2.78. The largest absolute Gasteiger partial charge is 0.358 e. The molecular formula is C27H29N3O2. The van der Waals surface area contributed by atoms with Crippen molar-refractivity contribution in [3.63, 3.8) is 0 Å². The highest BCUT2D eigenvalue weighted by Gasteiger charge is 2.36. The summed E-state index contributed by atoms with van der Waals surface area (Å²) < 4.78 is 0. The van der Waals surface area contributed by atoms with Gasteiger partial charge in [-0.2, -0.15) is 0 Å². The summed E-state index contributed by atoms with van der Waals surface area (Å²) in [6.45, 7) is 2.30. The van der Waals surface area contributed by atoms with Gasteiger partial charge in [0.1, 0.15) is 6.04 Å². The van der Waals surface area contributed by atoms with Crippen molar-refractivity contribution in [1.82, 2.24) is 15.1 Å². The van der Waals surface area contributed by atoms with Crippen molar-refractivity contribution in [1.29, 1.82) is 0 Å². The smallest absolute Gasteiger partial charge is 0.238 e. The Balaban J connectivity index is 1.58. The zero-order valence-electron chi connectivity index (χ0n) is 18.4.